The molecular formula is C61H111N11O11. The van der Waals surface area contributed by atoms with Gasteiger partial charge in [-0.3, -0.25) is 47.9 Å². The molecule has 7 unspecified atom stereocenters. The summed E-state index contributed by atoms with van der Waals surface area (Å²) in [5.74, 6) is -6.78. The Morgan fingerprint density at radius 2 is 1.16 bits per heavy atom. The lowest BCUT2D eigenvalue weighted by atomic mass is 9.95. The quantitative estimate of drug-likeness (QED) is 0.0313. The first kappa shape index (κ1) is 75.4. The number of aliphatic hydroxyl groups is 1. The summed E-state index contributed by atoms with van der Waals surface area (Å²) in [6.45, 7) is 30.4. The molecule has 10 N–H and O–H groups in total. The van der Waals surface area contributed by atoms with E-state index in [-0.39, 0.29) is 73.8 Å². The molecular weight excluding hydrogens is 1060 g/mol. The van der Waals surface area contributed by atoms with Gasteiger partial charge < -0.3 is 62.8 Å². The van der Waals surface area contributed by atoms with E-state index in [1.54, 1.807) is 13.8 Å². The van der Waals surface area contributed by atoms with Crippen LogP contribution in [0.4, 0.5) is 0 Å². The van der Waals surface area contributed by atoms with Gasteiger partial charge in [0.15, 0.2) is 0 Å². The van der Waals surface area contributed by atoms with Crippen molar-refractivity contribution >= 4 is 59.1 Å². The van der Waals surface area contributed by atoms with Crippen molar-refractivity contribution in [1.29, 1.82) is 0 Å². The number of hydrogen-bond donors (Lipinski definition) is 10. The van der Waals surface area contributed by atoms with Gasteiger partial charge in [0.2, 0.25) is 59.1 Å². The number of nitrogens with zero attached hydrogens (tertiary/aromatic N) is 2. The van der Waals surface area contributed by atoms with Crippen LogP contribution in [0.25, 0.3) is 0 Å². The van der Waals surface area contributed by atoms with Gasteiger partial charge in [-0.15, -0.1) is 0 Å². The van der Waals surface area contributed by atoms with Crippen LogP contribution in [0.1, 0.15) is 195 Å². The van der Waals surface area contributed by atoms with E-state index >= 15 is 0 Å². The minimum atomic E-state index is -1.76. The number of carbonyl (C=O) groups is 10. The van der Waals surface area contributed by atoms with Crippen LogP contribution in [0, 0.1) is 29.6 Å². The van der Waals surface area contributed by atoms with Gasteiger partial charge in [-0.1, -0.05) is 120 Å². The molecule has 22 nitrogen and oxygen atoms in total. The van der Waals surface area contributed by atoms with Gasteiger partial charge in [-0.2, -0.15) is 0 Å². The predicted octanol–water partition coefficient (Wildman–Crippen LogP) is 3.88. The number of nitrogens with one attached hydrogen (secondary N) is 9. The summed E-state index contributed by atoms with van der Waals surface area (Å²) < 4.78 is 0. The van der Waals surface area contributed by atoms with E-state index in [0.29, 0.717) is 25.9 Å². The van der Waals surface area contributed by atoms with Crippen LogP contribution in [0.5, 0.6) is 0 Å². The topological polar surface area (TPSA) is 306 Å². The second-order valence-corrected chi connectivity index (χ2v) is 26.3. The monoisotopic (exact) mass is 1170 g/mol. The number of aliphatic hydroxyl groups excluding tert-OH is 1. The summed E-state index contributed by atoms with van der Waals surface area (Å²) in [5, 5.41) is 36.2. The second kappa shape index (κ2) is 35.6. The zero-order chi connectivity index (χ0) is 63.7. The first-order chi connectivity index (χ1) is 38.4. The Kier molecular flexibility index (Phi) is 32.3. The fraction of sp³-hybridized carbons (Fsp3) is 0.803. The number of likely N-dealkylation sites (tertiary alicyclic amines) is 1. The van der Waals surface area contributed by atoms with E-state index in [1.165, 1.54) is 52.5 Å². The molecule has 0 aromatic carbocycles. The number of unbranched alkanes of at least 4 members (excludes halogenated alkanes) is 5. The van der Waals surface area contributed by atoms with Crippen LogP contribution in [-0.4, -0.2) is 167 Å². The second-order valence-electron chi connectivity index (χ2n) is 26.3. The number of hydrogen-bond acceptors (Lipinski definition) is 12. The molecule has 0 aliphatic carbocycles. The standard InChI is InChI=1S/C61H111N11O11/c1-20-22-23-24-25-26-27-43(64-54(79)46-34-41(10)35-72(46)48(74)29-28-40(9)21-2)51(76)67-49(50(75)39(7)8)55(80)69-60(14,15)57(82)66-44(32-37(3)4)52(77)65-45(33-38(5)6)53(78)68-61(16,17)58(83)70-59(12,13)56(81)62-31-30-47(73)63-42(11)36-71(18)19/h28-29,37-46,49-50,75H,20-27,30-36H2,1-19H3,(H,62,81)(H,63,73)(H,64,79)(H,65,77)(H,66,82)(H,67,76)(H,68,78)(H,69,80)(H,70,83)/b29-28+/t40?,41-,42?,43?,44?,45?,46-,49?,50?/m0/s1. The number of likely N-dealkylation sites (N-methyl/N-ethyl adjacent to an activating group) is 1. The Morgan fingerprint density at radius 1 is 0.627 bits per heavy atom. The lowest BCUT2D eigenvalue weighted by Gasteiger charge is -2.34. The molecule has 83 heavy (non-hydrogen) atoms. The number of carbonyl (C=O) groups excluding carboxylic acids is 10. The molecule has 0 saturated carbocycles. The van der Waals surface area contributed by atoms with Gasteiger partial charge in [0.1, 0.15) is 46.8 Å². The Hall–Kier alpha value is -5.64. The van der Waals surface area contributed by atoms with Gasteiger partial charge in [0.25, 0.3) is 0 Å². The average molecular weight is 1170 g/mol. The van der Waals surface area contributed by atoms with Crippen molar-refractivity contribution in [3.8, 4) is 0 Å². The van der Waals surface area contributed by atoms with Gasteiger partial charge in [0.05, 0.1) is 6.10 Å². The predicted molar refractivity (Wildman–Crippen MR) is 324 cm³/mol. The molecule has 9 atom stereocenters. The highest BCUT2D eigenvalue weighted by atomic mass is 16.3. The molecule has 0 aromatic rings. The zero-order valence-electron chi connectivity index (χ0n) is 54.1. The molecule has 1 rings (SSSR count). The van der Waals surface area contributed by atoms with Crippen LogP contribution in [0.3, 0.4) is 0 Å². The highest BCUT2D eigenvalue weighted by Gasteiger charge is 2.43. The van der Waals surface area contributed by atoms with Crippen LogP contribution in [0.15, 0.2) is 12.2 Å². The molecule has 476 valence electrons. The molecule has 22 heteroatoms. The van der Waals surface area contributed by atoms with Crippen LogP contribution >= 0.6 is 0 Å². The van der Waals surface area contributed by atoms with Gasteiger partial charge in [-0.25, -0.2) is 0 Å². The van der Waals surface area contributed by atoms with E-state index in [4.69, 9.17) is 0 Å². The fourth-order valence-electron chi connectivity index (χ4n) is 9.49. The van der Waals surface area contributed by atoms with Crippen molar-refractivity contribution < 1.29 is 53.1 Å². The van der Waals surface area contributed by atoms with Crippen molar-refractivity contribution in [2.75, 3.05) is 33.7 Å². The Labute approximate surface area is 497 Å². The third-order valence-electron chi connectivity index (χ3n) is 14.7. The van der Waals surface area contributed by atoms with Crippen LogP contribution < -0.4 is 47.9 Å². The summed E-state index contributed by atoms with van der Waals surface area (Å²) in [6.07, 6.45) is 9.01. The molecule has 1 heterocycles. The molecule has 0 radical (unpaired) electrons. The zero-order valence-corrected chi connectivity index (χ0v) is 54.1. The number of rotatable bonds is 37. The third-order valence-corrected chi connectivity index (χ3v) is 14.7. The summed E-state index contributed by atoms with van der Waals surface area (Å²) in [7, 11) is 3.79. The highest BCUT2D eigenvalue weighted by Crippen LogP contribution is 2.25. The fourth-order valence-corrected chi connectivity index (χ4v) is 9.49. The Balaban J connectivity index is 3.34. The first-order valence-electron chi connectivity index (χ1n) is 30.5. The van der Waals surface area contributed by atoms with Crippen molar-refractivity contribution in [2.45, 2.75) is 254 Å². The number of allylic oxidation sites excluding steroid dienone is 1. The van der Waals surface area contributed by atoms with Crippen molar-refractivity contribution in [2.24, 2.45) is 29.6 Å². The maximum atomic E-state index is 14.4. The first-order valence-corrected chi connectivity index (χ1v) is 30.5. The summed E-state index contributed by atoms with van der Waals surface area (Å²) in [6, 6.07) is -6.07. The highest BCUT2D eigenvalue weighted by molar-refractivity contribution is 6.00. The molecule has 10 amide bonds. The van der Waals surface area contributed by atoms with Crippen molar-refractivity contribution in [3.05, 3.63) is 12.2 Å². The van der Waals surface area contributed by atoms with Crippen LogP contribution in [0.2, 0.25) is 0 Å². The largest absolute Gasteiger partial charge is 0.390 e. The maximum absolute atomic E-state index is 14.4. The van der Waals surface area contributed by atoms with Crippen LogP contribution in [-0.2, 0) is 47.9 Å². The third kappa shape index (κ3) is 27.3. The molecule has 1 fully saturated rings. The smallest absolute Gasteiger partial charge is 0.246 e. The van der Waals surface area contributed by atoms with E-state index < -0.39 is 106 Å². The molecule has 0 bridgehead atoms. The molecule has 0 aromatic heterocycles. The van der Waals surface area contributed by atoms with Crippen molar-refractivity contribution in [1.82, 2.24) is 57.7 Å². The Bertz CT molecular complexity index is 2180. The van der Waals surface area contributed by atoms with Gasteiger partial charge in [0, 0.05) is 32.1 Å². The average Bonchev–Trinajstić information content (AvgIpc) is 3.96. The SMILES string of the molecule is CCCCCCCCC(NC(=O)[C@@H]1C[C@H](C)CN1C(=O)/C=C/C(C)CC)C(=O)NC(C(=O)NC(C)(C)C(=O)NC(CC(C)C)C(=O)NC(CC(C)C)C(=O)NC(C)(C)C(=O)NC(C)(C)C(=O)NCCC(=O)NC(C)CN(C)C)C(O)C(C)C. The maximum Gasteiger partial charge on any atom is 0.246 e. The van der Waals surface area contributed by atoms with E-state index in [2.05, 4.69) is 54.8 Å². The lowest BCUT2D eigenvalue weighted by molar-refractivity contribution is -0.140. The van der Waals surface area contributed by atoms with Gasteiger partial charge in [-0.05, 0) is 124 Å². The van der Waals surface area contributed by atoms with Gasteiger partial charge >= 0.3 is 0 Å². The summed E-state index contributed by atoms with van der Waals surface area (Å²) >= 11 is 0. The summed E-state index contributed by atoms with van der Waals surface area (Å²) in [5.41, 5.74) is -4.82. The van der Waals surface area contributed by atoms with E-state index in [1.807, 2.05) is 80.5 Å². The normalized spacial score (nSPS) is 17.5. The number of amides is 10. The minimum Gasteiger partial charge on any atom is -0.390 e. The Morgan fingerprint density at radius 3 is 1.71 bits per heavy atom. The lowest BCUT2D eigenvalue weighted by Crippen LogP contribution is -2.66. The minimum absolute atomic E-state index is 0.0207. The van der Waals surface area contributed by atoms with E-state index in [9.17, 15) is 53.1 Å². The van der Waals surface area contributed by atoms with Crippen molar-refractivity contribution in [3.63, 3.8) is 0 Å². The molecule has 1 aliphatic rings. The molecule has 1 saturated heterocycles. The molecule has 1 aliphatic heterocycles. The van der Waals surface area contributed by atoms with E-state index in [0.717, 1.165) is 38.5 Å². The summed E-state index contributed by atoms with van der Waals surface area (Å²) in [4.78, 5) is 142. The molecule has 0 spiro atoms.